The van der Waals surface area contributed by atoms with Crippen molar-refractivity contribution < 1.29 is 27.4 Å². The van der Waals surface area contributed by atoms with Gasteiger partial charge in [0.2, 0.25) is 5.76 Å². The van der Waals surface area contributed by atoms with Gasteiger partial charge in [-0.15, -0.1) is 0 Å². The van der Waals surface area contributed by atoms with Crippen LogP contribution in [0.2, 0.25) is 0 Å². The molecule has 16 heavy (non-hydrogen) atoms. The molecule has 3 nitrogen and oxygen atoms in total. The highest BCUT2D eigenvalue weighted by Gasteiger charge is 2.46. The maximum Gasteiger partial charge on any atom is 0.449 e. The van der Waals surface area contributed by atoms with Crippen LogP contribution in [0.1, 0.15) is 13.3 Å². The Kier molecular flexibility index (Phi) is 4.45. The van der Waals surface area contributed by atoms with Crippen molar-refractivity contribution in [2.45, 2.75) is 25.6 Å². The Bertz CT molecular complexity index is 312. The Morgan fingerprint density at radius 1 is 1.62 bits per heavy atom. The standard InChI is InChI=1S/C9H10F3IO3/c1-2-15-8(14)6-3-5(4-13)16-7(6)9(10,11)12/h5H,2-4H2,1H3. The van der Waals surface area contributed by atoms with E-state index in [9.17, 15) is 18.0 Å². The molecule has 92 valence electrons. The Balaban J connectivity index is 2.93. The summed E-state index contributed by atoms with van der Waals surface area (Å²) in [6.45, 7) is 1.58. The van der Waals surface area contributed by atoms with Crippen LogP contribution in [0.15, 0.2) is 11.3 Å². The van der Waals surface area contributed by atoms with Crippen LogP contribution in [0, 0.1) is 0 Å². The number of alkyl halides is 4. The Morgan fingerprint density at radius 3 is 2.69 bits per heavy atom. The molecule has 7 heteroatoms. The van der Waals surface area contributed by atoms with Crippen molar-refractivity contribution in [1.82, 2.24) is 0 Å². The van der Waals surface area contributed by atoms with Crippen LogP contribution in [0.5, 0.6) is 0 Å². The molecule has 0 spiro atoms. The van der Waals surface area contributed by atoms with Gasteiger partial charge < -0.3 is 9.47 Å². The Labute approximate surface area is 104 Å². The van der Waals surface area contributed by atoms with E-state index in [2.05, 4.69) is 4.74 Å². The predicted molar refractivity (Wildman–Crippen MR) is 58.1 cm³/mol. The minimum absolute atomic E-state index is 0.0440. The van der Waals surface area contributed by atoms with Crippen LogP contribution in [-0.4, -0.2) is 29.3 Å². The second kappa shape index (κ2) is 5.24. The van der Waals surface area contributed by atoms with Crippen molar-refractivity contribution in [2.24, 2.45) is 0 Å². The Morgan fingerprint density at radius 2 is 2.25 bits per heavy atom. The normalized spacial score (nSPS) is 20.9. The molecule has 0 saturated heterocycles. The lowest BCUT2D eigenvalue weighted by molar-refractivity contribution is -0.143. The molecule has 0 amide bonds. The predicted octanol–water partition coefficient (Wildman–Crippen LogP) is 2.59. The SMILES string of the molecule is CCOC(=O)C1=C(C(F)(F)F)OC(CI)C1. The molecule has 1 heterocycles. The topological polar surface area (TPSA) is 35.5 Å². The molecule has 1 rings (SSSR count). The molecule has 0 aliphatic carbocycles. The molecule has 1 aliphatic rings. The summed E-state index contributed by atoms with van der Waals surface area (Å²) in [4.78, 5) is 11.3. The zero-order valence-corrected chi connectivity index (χ0v) is 10.6. The van der Waals surface area contributed by atoms with Crippen molar-refractivity contribution >= 4 is 28.6 Å². The molecule has 0 N–H and O–H groups in total. The summed E-state index contributed by atoms with van der Waals surface area (Å²) in [7, 11) is 0. The first-order chi connectivity index (χ1) is 7.40. The number of esters is 1. The van der Waals surface area contributed by atoms with Crippen molar-refractivity contribution in [1.29, 1.82) is 0 Å². The van der Waals surface area contributed by atoms with E-state index < -0.39 is 29.6 Å². The second-order valence-electron chi connectivity index (χ2n) is 3.12. The smallest absolute Gasteiger partial charge is 0.449 e. The first kappa shape index (κ1) is 13.6. The Hall–Kier alpha value is -0.470. The molecular formula is C9H10F3IO3. The molecule has 0 saturated carbocycles. The van der Waals surface area contributed by atoms with Gasteiger partial charge in [0, 0.05) is 10.8 Å². The van der Waals surface area contributed by atoms with Crippen LogP contribution in [0.4, 0.5) is 13.2 Å². The van der Waals surface area contributed by atoms with E-state index in [0.29, 0.717) is 4.43 Å². The number of carbonyl (C=O) groups is 1. The van der Waals surface area contributed by atoms with E-state index in [1.165, 1.54) is 6.92 Å². The second-order valence-corrected chi connectivity index (χ2v) is 4.00. The molecule has 0 radical (unpaired) electrons. The van der Waals surface area contributed by atoms with Gasteiger partial charge in [0.15, 0.2) is 0 Å². The summed E-state index contributed by atoms with van der Waals surface area (Å²) in [5, 5.41) is 0. The third kappa shape index (κ3) is 3.02. The first-order valence-corrected chi connectivity index (χ1v) is 6.12. The van der Waals surface area contributed by atoms with Gasteiger partial charge >= 0.3 is 12.1 Å². The summed E-state index contributed by atoms with van der Waals surface area (Å²) in [6, 6.07) is 0. The molecule has 0 bridgehead atoms. The van der Waals surface area contributed by atoms with E-state index in [0.717, 1.165) is 0 Å². The number of hydrogen-bond donors (Lipinski definition) is 0. The van der Waals surface area contributed by atoms with E-state index in [4.69, 9.17) is 4.74 Å². The lowest BCUT2D eigenvalue weighted by Gasteiger charge is -2.12. The van der Waals surface area contributed by atoms with Crippen molar-refractivity contribution in [3.63, 3.8) is 0 Å². The minimum atomic E-state index is -4.64. The number of halogens is 4. The van der Waals surface area contributed by atoms with Gasteiger partial charge in [-0.1, -0.05) is 22.6 Å². The van der Waals surface area contributed by atoms with Crippen LogP contribution in [0.3, 0.4) is 0 Å². The maximum atomic E-state index is 12.5. The summed E-state index contributed by atoms with van der Waals surface area (Å²) in [5.74, 6) is -2.14. The van der Waals surface area contributed by atoms with E-state index in [1.807, 2.05) is 22.6 Å². The van der Waals surface area contributed by atoms with Crippen LogP contribution in [0.25, 0.3) is 0 Å². The molecular weight excluding hydrogens is 340 g/mol. The van der Waals surface area contributed by atoms with Gasteiger partial charge in [-0.25, -0.2) is 4.79 Å². The fourth-order valence-electron chi connectivity index (χ4n) is 1.32. The van der Waals surface area contributed by atoms with E-state index >= 15 is 0 Å². The summed E-state index contributed by atoms with van der Waals surface area (Å²) >= 11 is 1.91. The van der Waals surface area contributed by atoms with Crippen LogP contribution in [-0.2, 0) is 14.3 Å². The summed E-state index contributed by atoms with van der Waals surface area (Å²) < 4.78 is 47.2. The number of hydrogen-bond acceptors (Lipinski definition) is 3. The molecule has 0 aromatic heterocycles. The largest absolute Gasteiger partial charge is 0.484 e. The summed E-state index contributed by atoms with van der Waals surface area (Å²) in [5.41, 5.74) is -0.406. The zero-order chi connectivity index (χ0) is 12.3. The maximum absolute atomic E-state index is 12.5. The molecule has 1 atom stereocenters. The minimum Gasteiger partial charge on any atom is -0.484 e. The molecule has 0 aromatic rings. The van der Waals surface area contributed by atoms with Gasteiger partial charge in [-0.05, 0) is 6.92 Å². The van der Waals surface area contributed by atoms with Crippen LogP contribution < -0.4 is 0 Å². The highest BCUT2D eigenvalue weighted by atomic mass is 127. The van der Waals surface area contributed by atoms with E-state index in [-0.39, 0.29) is 13.0 Å². The lowest BCUT2D eigenvalue weighted by Crippen LogP contribution is -2.18. The highest BCUT2D eigenvalue weighted by Crippen LogP contribution is 2.38. The monoisotopic (exact) mass is 350 g/mol. The molecule has 1 aliphatic heterocycles. The molecule has 0 aromatic carbocycles. The number of ether oxygens (including phenoxy) is 2. The van der Waals surface area contributed by atoms with Crippen LogP contribution >= 0.6 is 22.6 Å². The summed E-state index contributed by atoms with van der Waals surface area (Å²) in [6.07, 6.45) is -5.28. The van der Waals surface area contributed by atoms with Gasteiger partial charge in [-0.3, -0.25) is 0 Å². The average Bonchev–Trinajstić information content (AvgIpc) is 2.61. The number of carbonyl (C=O) groups excluding carboxylic acids is 1. The van der Waals surface area contributed by atoms with Gasteiger partial charge in [0.1, 0.15) is 6.10 Å². The van der Waals surface area contributed by atoms with Crippen molar-refractivity contribution in [3.05, 3.63) is 11.3 Å². The third-order valence-electron chi connectivity index (χ3n) is 1.94. The average molecular weight is 350 g/mol. The molecule has 0 fully saturated rings. The highest BCUT2D eigenvalue weighted by molar-refractivity contribution is 14.1. The third-order valence-corrected chi connectivity index (χ3v) is 2.92. The fraction of sp³-hybridized carbons (Fsp3) is 0.667. The van der Waals surface area contributed by atoms with E-state index in [1.54, 1.807) is 0 Å². The van der Waals surface area contributed by atoms with Gasteiger partial charge in [0.25, 0.3) is 0 Å². The molecule has 1 unspecified atom stereocenters. The number of rotatable bonds is 3. The van der Waals surface area contributed by atoms with Gasteiger partial charge in [0.05, 0.1) is 12.2 Å². The van der Waals surface area contributed by atoms with Crippen molar-refractivity contribution in [3.8, 4) is 0 Å². The first-order valence-electron chi connectivity index (χ1n) is 4.60. The lowest BCUT2D eigenvalue weighted by atomic mass is 10.1. The van der Waals surface area contributed by atoms with Crippen molar-refractivity contribution in [2.75, 3.05) is 11.0 Å². The number of allylic oxidation sites excluding steroid dienone is 1. The quantitative estimate of drug-likeness (QED) is 0.446. The van der Waals surface area contributed by atoms with Gasteiger partial charge in [-0.2, -0.15) is 13.2 Å². The zero-order valence-electron chi connectivity index (χ0n) is 8.44. The fourth-order valence-corrected chi connectivity index (χ4v) is 1.81.